The summed E-state index contributed by atoms with van der Waals surface area (Å²) in [5.41, 5.74) is 3.08. The fourth-order valence-corrected chi connectivity index (χ4v) is 4.23. The van der Waals surface area contributed by atoms with Gasteiger partial charge in [-0.2, -0.15) is 0 Å². The lowest BCUT2D eigenvalue weighted by atomic mass is 10.2. The van der Waals surface area contributed by atoms with Crippen molar-refractivity contribution in [2.24, 2.45) is 4.99 Å². The normalized spacial score (nSPS) is 21.4. The van der Waals surface area contributed by atoms with E-state index in [1.54, 1.807) is 0 Å². The zero-order valence-corrected chi connectivity index (χ0v) is 15.1. The molecule has 1 aromatic carbocycles. The SMILES string of the molecule is Cc1cccc(N=C2NC(=O)/C(=C\c3ccn(C4CCCC4)c3)S2)c1. The topological polar surface area (TPSA) is 46.4 Å². The number of carbonyl (C=O) groups is 1. The molecule has 4 nitrogen and oxygen atoms in total. The number of amidine groups is 1. The van der Waals surface area contributed by atoms with Gasteiger partial charge >= 0.3 is 0 Å². The van der Waals surface area contributed by atoms with Crippen molar-refractivity contribution in [1.29, 1.82) is 0 Å². The number of nitrogens with zero attached hydrogens (tertiary/aromatic N) is 2. The molecule has 1 saturated carbocycles. The molecule has 4 rings (SSSR count). The predicted octanol–water partition coefficient (Wildman–Crippen LogP) is 4.80. The highest BCUT2D eigenvalue weighted by Gasteiger charge is 2.24. The Balaban J connectivity index is 1.51. The van der Waals surface area contributed by atoms with E-state index in [1.165, 1.54) is 37.4 Å². The van der Waals surface area contributed by atoms with Gasteiger partial charge in [-0.05, 0) is 66.9 Å². The van der Waals surface area contributed by atoms with Crippen LogP contribution < -0.4 is 5.32 Å². The summed E-state index contributed by atoms with van der Waals surface area (Å²) < 4.78 is 2.29. The van der Waals surface area contributed by atoms with Crippen LogP contribution in [0.1, 0.15) is 42.9 Å². The van der Waals surface area contributed by atoms with Crippen LogP contribution in [0.15, 0.2) is 52.6 Å². The number of thioether (sulfide) groups is 1. The smallest absolute Gasteiger partial charge is 0.264 e. The van der Waals surface area contributed by atoms with Gasteiger partial charge in [-0.3, -0.25) is 4.79 Å². The molecule has 1 aliphatic carbocycles. The van der Waals surface area contributed by atoms with Crippen molar-refractivity contribution < 1.29 is 4.79 Å². The van der Waals surface area contributed by atoms with E-state index in [9.17, 15) is 4.79 Å². The maximum Gasteiger partial charge on any atom is 0.264 e. The minimum atomic E-state index is -0.0787. The summed E-state index contributed by atoms with van der Waals surface area (Å²) in [6.07, 6.45) is 11.4. The Morgan fingerprint density at radius 3 is 2.92 bits per heavy atom. The molecule has 2 aliphatic rings. The van der Waals surface area contributed by atoms with E-state index in [2.05, 4.69) is 33.3 Å². The zero-order chi connectivity index (χ0) is 17.2. The van der Waals surface area contributed by atoms with E-state index in [1.807, 2.05) is 37.3 Å². The zero-order valence-electron chi connectivity index (χ0n) is 14.2. The lowest BCUT2D eigenvalue weighted by Crippen LogP contribution is -2.19. The molecule has 1 aromatic heterocycles. The molecule has 25 heavy (non-hydrogen) atoms. The van der Waals surface area contributed by atoms with E-state index in [4.69, 9.17) is 0 Å². The second-order valence-corrected chi connectivity index (χ2v) is 7.68. The summed E-state index contributed by atoms with van der Waals surface area (Å²) in [6, 6.07) is 10.6. The number of aliphatic imine (C=N–C) groups is 1. The molecule has 1 amide bonds. The second kappa shape index (κ2) is 6.92. The maximum atomic E-state index is 12.2. The first-order valence-electron chi connectivity index (χ1n) is 8.71. The molecular weight excluding hydrogens is 330 g/mol. The van der Waals surface area contributed by atoms with Crippen molar-refractivity contribution in [3.05, 3.63) is 58.8 Å². The van der Waals surface area contributed by atoms with E-state index in [0.717, 1.165) is 16.8 Å². The Morgan fingerprint density at radius 1 is 1.28 bits per heavy atom. The molecule has 2 fully saturated rings. The van der Waals surface area contributed by atoms with Crippen LogP contribution in [0.2, 0.25) is 0 Å². The summed E-state index contributed by atoms with van der Waals surface area (Å²) >= 11 is 1.40. The molecule has 5 heteroatoms. The minimum absolute atomic E-state index is 0.0787. The highest BCUT2D eigenvalue weighted by Crippen LogP contribution is 2.31. The maximum absolute atomic E-state index is 12.2. The van der Waals surface area contributed by atoms with Gasteiger partial charge in [-0.25, -0.2) is 4.99 Å². The van der Waals surface area contributed by atoms with Gasteiger partial charge in [0.05, 0.1) is 10.6 Å². The Bertz CT molecular complexity index is 859. The van der Waals surface area contributed by atoms with Crippen LogP contribution in [0.4, 0.5) is 5.69 Å². The van der Waals surface area contributed by atoms with Crippen molar-refractivity contribution in [2.75, 3.05) is 0 Å². The first-order chi connectivity index (χ1) is 12.2. The van der Waals surface area contributed by atoms with Crippen molar-refractivity contribution >= 4 is 34.6 Å². The molecule has 0 atom stereocenters. The van der Waals surface area contributed by atoms with Gasteiger partial charge in [0, 0.05) is 18.4 Å². The number of benzene rings is 1. The van der Waals surface area contributed by atoms with Gasteiger partial charge in [0.15, 0.2) is 5.17 Å². The van der Waals surface area contributed by atoms with Gasteiger partial charge in [0.2, 0.25) is 0 Å². The van der Waals surface area contributed by atoms with E-state index < -0.39 is 0 Å². The van der Waals surface area contributed by atoms with Crippen molar-refractivity contribution in [3.63, 3.8) is 0 Å². The first-order valence-corrected chi connectivity index (χ1v) is 9.53. The van der Waals surface area contributed by atoms with E-state index in [0.29, 0.717) is 16.1 Å². The second-order valence-electron chi connectivity index (χ2n) is 6.65. The Kier molecular flexibility index (Phi) is 4.49. The van der Waals surface area contributed by atoms with Crippen LogP contribution in [-0.2, 0) is 4.79 Å². The molecule has 1 aliphatic heterocycles. The quantitative estimate of drug-likeness (QED) is 0.807. The van der Waals surface area contributed by atoms with Crippen LogP contribution >= 0.6 is 11.8 Å². The number of rotatable bonds is 3. The fourth-order valence-electron chi connectivity index (χ4n) is 3.39. The van der Waals surface area contributed by atoms with Gasteiger partial charge in [-0.15, -0.1) is 0 Å². The summed E-state index contributed by atoms with van der Waals surface area (Å²) in [5.74, 6) is -0.0787. The van der Waals surface area contributed by atoms with Crippen LogP contribution in [0.25, 0.3) is 6.08 Å². The molecule has 128 valence electrons. The number of carbonyl (C=O) groups excluding carboxylic acids is 1. The monoisotopic (exact) mass is 351 g/mol. The third kappa shape index (κ3) is 3.71. The molecule has 0 unspecified atom stereocenters. The number of nitrogens with one attached hydrogen (secondary N) is 1. The molecule has 1 saturated heterocycles. The van der Waals surface area contributed by atoms with Crippen molar-refractivity contribution in [2.45, 2.75) is 38.6 Å². The van der Waals surface area contributed by atoms with Crippen LogP contribution in [-0.4, -0.2) is 15.6 Å². The fraction of sp³-hybridized carbons (Fsp3) is 0.300. The third-order valence-corrected chi connectivity index (χ3v) is 5.57. The van der Waals surface area contributed by atoms with Crippen molar-refractivity contribution in [3.8, 4) is 0 Å². The first kappa shape index (κ1) is 16.2. The molecule has 0 spiro atoms. The number of amides is 1. The van der Waals surface area contributed by atoms with Crippen molar-refractivity contribution in [1.82, 2.24) is 9.88 Å². The predicted molar refractivity (Wildman–Crippen MR) is 104 cm³/mol. The van der Waals surface area contributed by atoms with Gasteiger partial charge in [-0.1, -0.05) is 25.0 Å². The van der Waals surface area contributed by atoms with Crippen LogP contribution in [0.5, 0.6) is 0 Å². The Labute approximate surface area is 152 Å². The standard InChI is InChI=1S/C20H21N3OS/c1-14-5-4-6-16(11-14)21-20-22-19(24)18(25-20)12-15-9-10-23(13-15)17-7-2-3-8-17/h4-6,9-13,17H,2-3,7-8H2,1H3,(H,21,22,24)/b18-12+. The average Bonchev–Trinajstić information content (AvgIpc) is 3.30. The molecule has 1 N–H and O–H groups in total. The van der Waals surface area contributed by atoms with Crippen LogP contribution in [0.3, 0.4) is 0 Å². The molecule has 2 heterocycles. The lowest BCUT2D eigenvalue weighted by Gasteiger charge is -2.10. The Hall–Kier alpha value is -2.27. The number of hydrogen-bond donors (Lipinski definition) is 1. The molecule has 0 radical (unpaired) electrons. The number of aromatic nitrogens is 1. The largest absolute Gasteiger partial charge is 0.351 e. The Morgan fingerprint density at radius 2 is 2.12 bits per heavy atom. The summed E-state index contributed by atoms with van der Waals surface area (Å²) in [6.45, 7) is 2.03. The summed E-state index contributed by atoms with van der Waals surface area (Å²) in [5, 5.41) is 3.49. The lowest BCUT2D eigenvalue weighted by molar-refractivity contribution is -0.115. The van der Waals surface area contributed by atoms with Gasteiger partial charge < -0.3 is 9.88 Å². The number of aryl methyl sites for hydroxylation is 1. The average molecular weight is 351 g/mol. The van der Waals surface area contributed by atoms with Gasteiger partial charge in [0.1, 0.15) is 0 Å². The van der Waals surface area contributed by atoms with E-state index >= 15 is 0 Å². The van der Waals surface area contributed by atoms with E-state index in [-0.39, 0.29) is 5.91 Å². The highest BCUT2D eigenvalue weighted by molar-refractivity contribution is 8.18. The van der Waals surface area contributed by atoms with Crippen LogP contribution in [0, 0.1) is 6.92 Å². The third-order valence-electron chi connectivity index (χ3n) is 4.66. The number of hydrogen-bond acceptors (Lipinski definition) is 3. The summed E-state index contributed by atoms with van der Waals surface area (Å²) in [7, 11) is 0. The summed E-state index contributed by atoms with van der Waals surface area (Å²) in [4.78, 5) is 17.4. The minimum Gasteiger partial charge on any atom is -0.351 e. The highest BCUT2D eigenvalue weighted by atomic mass is 32.2. The van der Waals surface area contributed by atoms with Gasteiger partial charge in [0.25, 0.3) is 5.91 Å². The molecular formula is C20H21N3OS. The molecule has 2 aromatic rings. The molecule has 0 bridgehead atoms.